The van der Waals surface area contributed by atoms with Crippen LogP contribution in [0.15, 0.2) is 18.3 Å². The highest BCUT2D eigenvalue weighted by Gasteiger charge is 2.29. The quantitative estimate of drug-likeness (QED) is 0.886. The van der Waals surface area contributed by atoms with E-state index in [1.54, 1.807) is 13.3 Å². The summed E-state index contributed by atoms with van der Waals surface area (Å²) in [5, 5.41) is 3.12. The summed E-state index contributed by atoms with van der Waals surface area (Å²) in [6.45, 7) is 1.16. The molecular weight excluding hydrogens is 318 g/mol. The van der Waals surface area contributed by atoms with E-state index < -0.39 is 0 Å². The van der Waals surface area contributed by atoms with Gasteiger partial charge in [-0.2, -0.15) is 0 Å². The van der Waals surface area contributed by atoms with Crippen molar-refractivity contribution in [2.24, 2.45) is 0 Å². The van der Waals surface area contributed by atoms with E-state index in [1.165, 1.54) is 32.1 Å². The van der Waals surface area contributed by atoms with Crippen LogP contribution in [0, 0.1) is 0 Å². The summed E-state index contributed by atoms with van der Waals surface area (Å²) in [7, 11) is 3.71. The Morgan fingerprint density at radius 2 is 2.12 bits per heavy atom. The van der Waals surface area contributed by atoms with E-state index in [4.69, 9.17) is 9.47 Å². The zero-order valence-electron chi connectivity index (χ0n) is 15.2. The van der Waals surface area contributed by atoms with Gasteiger partial charge in [-0.1, -0.05) is 19.3 Å². The average molecular weight is 347 g/mol. The van der Waals surface area contributed by atoms with Crippen molar-refractivity contribution in [2.75, 3.05) is 32.3 Å². The van der Waals surface area contributed by atoms with Crippen LogP contribution in [0.2, 0.25) is 0 Å². The summed E-state index contributed by atoms with van der Waals surface area (Å²) in [5.74, 6) is 0.688. The number of aromatic nitrogens is 1. The lowest BCUT2D eigenvalue weighted by atomic mass is 9.94. The predicted molar refractivity (Wildman–Crippen MR) is 97.0 cm³/mol. The second-order valence-corrected chi connectivity index (χ2v) is 7.00. The molecule has 0 bridgehead atoms. The maximum atomic E-state index is 12.9. The molecule has 0 unspecified atom stereocenters. The first-order valence-electron chi connectivity index (χ1n) is 9.30. The van der Waals surface area contributed by atoms with Crippen LogP contribution in [-0.2, 0) is 9.47 Å². The van der Waals surface area contributed by atoms with Crippen molar-refractivity contribution < 1.29 is 14.3 Å². The first kappa shape index (κ1) is 18.1. The van der Waals surface area contributed by atoms with E-state index in [9.17, 15) is 4.79 Å². The fourth-order valence-corrected chi connectivity index (χ4v) is 3.85. The molecule has 1 aromatic rings. The number of nitrogens with zero attached hydrogens (tertiary/aromatic N) is 2. The van der Waals surface area contributed by atoms with Crippen LogP contribution < -0.4 is 10.2 Å². The number of ether oxygens (including phenoxy) is 2. The van der Waals surface area contributed by atoms with E-state index in [1.807, 2.05) is 12.1 Å². The van der Waals surface area contributed by atoms with Crippen molar-refractivity contribution in [3.8, 4) is 0 Å². The predicted octanol–water partition coefficient (Wildman–Crippen LogP) is 2.38. The molecule has 2 fully saturated rings. The molecule has 2 heterocycles. The SMILES string of the molecule is CO[C@@H]1COCC[C@H]1NC(=O)c1cccnc1N(C)C1CCCCC1. The smallest absolute Gasteiger partial charge is 0.255 e. The summed E-state index contributed by atoms with van der Waals surface area (Å²) in [6, 6.07) is 4.12. The maximum Gasteiger partial charge on any atom is 0.255 e. The van der Waals surface area contributed by atoms with Crippen LogP contribution in [0.5, 0.6) is 0 Å². The Morgan fingerprint density at radius 1 is 1.32 bits per heavy atom. The molecule has 2 aliphatic rings. The van der Waals surface area contributed by atoms with Gasteiger partial charge in [0.05, 0.1) is 18.2 Å². The minimum atomic E-state index is -0.103. The van der Waals surface area contributed by atoms with E-state index in [0.717, 1.165) is 12.2 Å². The molecule has 6 heteroatoms. The van der Waals surface area contributed by atoms with Crippen LogP contribution >= 0.6 is 0 Å². The van der Waals surface area contributed by atoms with Gasteiger partial charge in [0, 0.05) is 33.0 Å². The molecule has 1 saturated heterocycles. The van der Waals surface area contributed by atoms with Crippen molar-refractivity contribution in [3.05, 3.63) is 23.9 Å². The molecule has 25 heavy (non-hydrogen) atoms. The monoisotopic (exact) mass is 347 g/mol. The summed E-state index contributed by atoms with van der Waals surface area (Å²) in [6.07, 6.45) is 8.56. The standard InChI is InChI=1S/C19H29N3O3/c1-22(14-7-4-3-5-8-14)18-15(9-6-11-20-18)19(23)21-16-10-12-25-13-17(16)24-2/h6,9,11,14,16-17H,3-5,7-8,10,12-13H2,1-2H3,(H,21,23)/t16-,17-/m1/s1. The summed E-state index contributed by atoms with van der Waals surface area (Å²) in [4.78, 5) is 19.6. The lowest BCUT2D eigenvalue weighted by molar-refractivity contribution is -0.0479. The number of anilines is 1. The number of hydrogen-bond donors (Lipinski definition) is 1. The first-order valence-corrected chi connectivity index (χ1v) is 9.30. The second-order valence-electron chi connectivity index (χ2n) is 7.00. The fraction of sp³-hybridized carbons (Fsp3) is 0.684. The lowest BCUT2D eigenvalue weighted by Gasteiger charge is -2.34. The number of pyridine rings is 1. The number of carbonyl (C=O) groups is 1. The molecule has 1 aliphatic carbocycles. The highest BCUT2D eigenvalue weighted by Crippen LogP contribution is 2.27. The Kier molecular flexibility index (Phi) is 6.26. The van der Waals surface area contributed by atoms with Gasteiger partial charge in [-0.25, -0.2) is 4.98 Å². The third kappa shape index (κ3) is 4.30. The van der Waals surface area contributed by atoms with Gasteiger partial charge in [-0.05, 0) is 31.4 Å². The van der Waals surface area contributed by atoms with E-state index in [0.29, 0.717) is 24.8 Å². The van der Waals surface area contributed by atoms with Crippen molar-refractivity contribution in [1.82, 2.24) is 10.3 Å². The number of hydrogen-bond acceptors (Lipinski definition) is 5. The molecule has 1 aliphatic heterocycles. The van der Waals surface area contributed by atoms with Gasteiger partial charge >= 0.3 is 0 Å². The maximum absolute atomic E-state index is 12.9. The number of nitrogens with one attached hydrogen (secondary N) is 1. The summed E-state index contributed by atoms with van der Waals surface area (Å²) < 4.78 is 10.9. The van der Waals surface area contributed by atoms with Gasteiger partial charge in [0.1, 0.15) is 11.9 Å². The molecule has 0 radical (unpaired) electrons. The van der Waals surface area contributed by atoms with Crippen LogP contribution in [0.3, 0.4) is 0 Å². The molecule has 0 aromatic carbocycles. The molecule has 1 amide bonds. The van der Waals surface area contributed by atoms with E-state index in [2.05, 4.69) is 22.2 Å². The zero-order chi connectivity index (χ0) is 17.6. The molecule has 1 N–H and O–H groups in total. The molecular formula is C19H29N3O3. The molecule has 6 nitrogen and oxygen atoms in total. The second kappa shape index (κ2) is 8.63. The van der Waals surface area contributed by atoms with Gasteiger partial charge in [-0.15, -0.1) is 0 Å². The van der Waals surface area contributed by atoms with Crippen molar-refractivity contribution >= 4 is 11.7 Å². The third-order valence-electron chi connectivity index (χ3n) is 5.41. The number of methoxy groups -OCH3 is 1. The van der Waals surface area contributed by atoms with Gasteiger partial charge in [0.25, 0.3) is 5.91 Å². The van der Waals surface area contributed by atoms with Crippen LogP contribution in [0.4, 0.5) is 5.82 Å². The minimum Gasteiger partial charge on any atom is -0.379 e. The molecule has 3 rings (SSSR count). The van der Waals surface area contributed by atoms with Crippen molar-refractivity contribution in [1.29, 1.82) is 0 Å². The Balaban J connectivity index is 1.74. The summed E-state index contributed by atoms with van der Waals surface area (Å²) in [5.41, 5.74) is 0.636. The first-order chi connectivity index (χ1) is 12.2. The normalized spacial score (nSPS) is 24.7. The number of amides is 1. The Hall–Kier alpha value is -1.66. The number of carbonyl (C=O) groups excluding carboxylic acids is 1. The zero-order valence-corrected chi connectivity index (χ0v) is 15.2. The van der Waals surface area contributed by atoms with Crippen LogP contribution in [-0.4, -0.2) is 56.5 Å². The molecule has 2 atom stereocenters. The topological polar surface area (TPSA) is 63.7 Å². The molecule has 1 aromatic heterocycles. The summed E-state index contributed by atoms with van der Waals surface area (Å²) >= 11 is 0. The van der Waals surface area contributed by atoms with Crippen molar-refractivity contribution in [3.63, 3.8) is 0 Å². The minimum absolute atomic E-state index is 0.0284. The van der Waals surface area contributed by atoms with E-state index in [-0.39, 0.29) is 18.1 Å². The van der Waals surface area contributed by atoms with Gasteiger partial charge in [0.2, 0.25) is 0 Å². The molecule has 1 saturated carbocycles. The highest BCUT2D eigenvalue weighted by atomic mass is 16.5. The van der Waals surface area contributed by atoms with Crippen LogP contribution in [0.25, 0.3) is 0 Å². The third-order valence-corrected chi connectivity index (χ3v) is 5.41. The lowest BCUT2D eigenvalue weighted by Crippen LogP contribution is -2.50. The molecule has 138 valence electrons. The van der Waals surface area contributed by atoms with Gasteiger partial charge < -0.3 is 19.7 Å². The Morgan fingerprint density at radius 3 is 2.88 bits per heavy atom. The van der Waals surface area contributed by atoms with Crippen LogP contribution in [0.1, 0.15) is 48.9 Å². The fourth-order valence-electron chi connectivity index (χ4n) is 3.85. The largest absolute Gasteiger partial charge is 0.379 e. The van der Waals surface area contributed by atoms with E-state index >= 15 is 0 Å². The molecule has 0 spiro atoms. The number of rotatable bonds is 5. The Labute approximate surface area is 149 Å². The van der Waals surface area contributed by atoms with Gasteiger partial charge in [-0.3, -0.25) is 4.79 Å². The van der Waals surface area contributed by atoms with Gasteiger partial charge in [0.15, 0.2) is 0 Å². The Bertz CT molecular complexity index is 575. The highest BCUT2D eigenvalue weighted by molar-refractivity contribution is 5.99. The average Bonchev–Trinajstić information content (AvgIpc) is 2.68. The van der Waals surface area contributed by atoms with Crippen molar-refractivity contribution in [2.45, 2.75) is 56.7 Å².